The number of hydrogen-bond donors (Lipinski definition) is 1. The van der Waals surface area contributed by atoms with Crippen LogP contribution in [-0.2, 0) is 6.54 Å². The zero-order valence-corrected chi connectivity index (χ0v) is 11.1. The van der Waals surface area contributed by atoms with E-state index in [-0.39, 0.29) is 4.88 Å². The molecule has 0 spiro atoms. The van der Waals surface area contributed by atoms with Gasteiger partial charge in [0.25, 0.3) is 0 Å². The third-order valence-corrected chi connectivity index (χ3v) is 3.63. The van der Waals surface area contributed by atoms with Gasteiger partial charge in [-0.3, -0.25) is 0 Å². The van der Waals surface area contributed by atoms with Gasteiger partial charge in [0, 0.05) is 13.6 Å². The van der Waals surface area contributed by atoms with E-state index in [2.05, 4.69) is 30.1 Å². The van der Waals surface area contributed by atoms with Gasteiger partial charge in [-0.05, 0) is 12.5 Å². The van der Waals surface area contributed by atoms with E-state index >= 15 is 0 Å². The molecule has 1 N–H and O–H groups in total. The molecule has 5 heteroatoms. The summed E-state index contributed by atoms with van der Waals surface area (Å²) in [7, 11) is 1.91. The van der Waals surface area contributed by atoms with Gasteiger partial charge in [-0.15, -0.1) is 0 Å². The highest BCUT2D eigenvalue weighted by atomic mass is 32.1. The van der Waals surface area contributed by atoms with Gasteiger partial charge in [-0.25, -0.2) is 9.78 Å². The summed E-state index contributed by atoms with van der Waals surface area (Å²) in [6.45, 7) is 2.77. The van der Waals surface area contributed by atoms with Gasteiger partial charge in [-0.1, -0.05) is 41.2 Å². The Labute approximate surface area is 110 Å². The van der Waals surface area contributed by atoms with Crippen LogP contribution in [-0.4, -0.2) is 23.1 Å². The molecule has 0 atom stereocenters. The van der Waals surface area contributed by atoms with E-state index in [1.807, 2.05) is 18.0 Å². The highest BCUT2D eigenvalue weighted by molar-refractivity contribution is 7.17. The molecule has 0 bridgehead atoms. The molecule has 2 aromatic rings. The molecule has 0 unspecified atom stereocenters. The Morgan fingerprint density at radius 1 is 1.50 bits per heavy atom. The lowest BCUT2D eigenvalue weighted by molar-refractivity contribution is 0.0702. The number of aromatic carboxylic acids is 1. The molecule has 2 rings (SSSR count). The maximum Gasteiger partial charge on any atom is 0.347 e. The Balaban J connectivity index is 2.11. The molecule has 4 nitrogen and oxygen atoms in total. The van der Waals surface area contributed by atoms with E-state index in [4.69, 9.17) is 5.11 Å². The average Bonchev–Trinajstić information content (AvgIpc) is 2.78. The summed E-state index contributed by atoms with van der Waals surface area (Å²) >= 11 is 1.19. The summed E-state index contributed by atoms with van der Waals surface area (Å²) in [6.07, 6.45) is 1.40. The van der Waals surface area contributed by atoms with Gasteiger partial charge in [0.2, 0.25) is 0 Å². The first kappa shape index (κ1) is 12.6. The van der Waals surface area contributed by atoms with Gasteiger partial charge >= 0.3 is 5.97 Å². The number of anilines is 1. The van der Waals surface area contributed by atoms with Crippen molar-refractivity contribution in [1.29, 1.82) is 0 Å². The molecule has 1 heterocycles. The lowest BCUT2D eigenvalue weighted by Crippen LogP contribution is -2.15. The Morgan fingerprint density at radius 2 is 2.28 bits per heavy atom. The number of rotatable bonds is 4. The molecule has 1 aromatic heterocycles. The third-order valence-electron chi connectivity index (χ3n) is 2.53. The van der Waals surface area contributed by atoms with E-state index in [1.54, 1.807) is 0 Å². The van der Waals surface area contributed by atoms with E-state index < -0.39 is 5.97 Å². The predicted octanol–water partition coefficient (Wildman–Crippen LogP) is 2.79. The SMILES string of the molecule is Cc1cccc(CN(C)c2ncc(C(=O)O)s2)c1. The molecule has 94 valence electrons. The molecule has 0 aliphatic rings. The monoisotopic (exact) mass is 262 g/mol. The number of benzene rings is 1. The van der Waals surface area contributed by atoms with Crippen molar-refractivity contribution in [2.75, 3.05) is 11.9 Å². The fraction of sp³-hybridized carbons (Fsp3) is 0.231. The van der Waals surface area contributed by atoms with Crippen molar-refractivity contribution in [3.05, 3.63) is 46.5 Å². The topological polar surface area (TPSA) is 53.4 Å². The van der Waals surface area contributed by atoms with Crippen LogP contribution in [0.2, 0.25) is 0 Å². The summed E-state index contributed by atoms with van der Waals surface area (Å²) in [6, 6.07) is 8.23. The fourth-order valence-corrected chi connectivity index (χ4v) is 2.41. The van der Waals surface area contributed by atoms with Crippen LogP contribution < -0.4 is 4.90 Å². The Morgan fingerprint density at radius 3 is 2.89 bits per heavy atom. The van der Waals surface area contributed by atoms with Crippen LogP contribution in [0, 0.1) is 6.92 Å². The van der Waals surface area contributed by atoms with Gasteiger partial charge in [0.05, 0.1) is 6.20 Å². The number of aromatic nitrogens is 1. The lowest BCUT2D eigenvalue weighted by atomic mass is 10.1. The zero-order chi connectivity index (χ0) is 13.1. The van der Waals surface area contributed by atoms with Crippen LogP contribution in [0.3, 0.4) is 0 Å². The fourth-order valence-electron chi connectivity index (χ4n) is 1.69. The number of hydrogen-bond acceptors (Lipinski definition) is 4. The molecular formula is C13H14N2O2S. The molecule has 0 saturated heterocycles. The van der Waals surface area contributed by atoms with Crippen LogP contribution in [0.4, 0.5) is 5.13 Å². The van der Waals surface area contributed by atoms with Crippen molar-refractivity contribution in [3.63, 3.8) is 0 Å². The van der Waals surface area contributed by atoms with E-state index in [0.717, 1.165) is 0 Å². The number of carboxylic acids is 1. The minimum absolute atomic E-state index is 0.265. The summed E-state index contributed by atoms with van der Waals surface area (Å²) in [5.74, 6) is -0.928. The number of aryl methyl sites for hydroxylation is 1. The molecule has 0 aliphatic carbocycles. The Bertz CT molecular complexity index is 566. The first-order valence-corrected chi connectivity index (χ1v) is 6.33. The summed E-state index contributed by atoms with van der Waals surface area (Å²) < 4.78 is 0. The standard InChI is InChI=1S/C13H14N2O2S/c1-9-4-3-5-10(6-9)8-15(2)13-14-7-11(18-13)12(16)17/h3-7H,8H2,1-2H3,(H,16,17). The molecule has 0 saturated carbocycles. The maximum atomic E-state index is 10.8. The second-order valence-electron chi connectivity index (χ2n) is 4.16. The summed E-state index contributed by atoms with van der Waals surface area (Å²) in [5.41, 5.74) is 2.40. The largest absolute Gasteiger partial charge is 0.477 e. The zero-order valence-electron chi connectivity index (χ0n) is 10.3. The van der Waals surface area contributed by atoms with Gasteiger partial charge < -0.3 is 10.0 Å². The normalized spacial score (nSPS) is 10.3. The molecule has 0 fully saturated rings. The van der Waals surface area contributed by atoms with Crippen molar-refractivity contribution >= 4 is 22.4 Å². The van der Waals surface area contributed by atoms with E-state index in [9.17, 15) is 4.79 Å². The predicted molar refractivity (Wildman–Crippen MR) is 72.4 cm³/mol. The molecular weight excluding hydrogens is 248 g/mol. The number of thiazole rings is 1. The smallest absolute Gasteiger partial charge is 0.347 e. The number of nitrogens with zero attached hydrogens (tertiary/aromatic N) is 2. The first-order valence-electron chi connectivity index (χ1n) is 5.52. The molecule has 0 aliphatic heterocycles. The van der Waals surface area contributed by atoms with Crippen molar-refractivity contribution in [1.82, 2.24) is 4.98 Å². The molecule has 1 aromatic carbocycles. The lowest BCUT2D eigenvalue weighted by Gasteiger charge is -2.15. The number of carboxylic acid groups (broad SMARTS) is 1. The maximum absolute atomic E-state index is 10.8. The van der Waals surface area contributed by atoms with E-state index in [1.165, 1.54) is 28.7 Å². The quantitative estimate of drug-likeness (QED) is 0.920. The minimum Gasteiger partial charge on any atom is -0.477 e. The van der Waals surface area contributed by atoms with Crippen LogP contribution in [0.25, 0.3) is 0 Å². The Kier molecular flexibility index (Phi) is 3.62. The van der Waals surface area contributed by atoms with Crippen LogP contribution in [0.1, 0.15) is 20.8 Å². The van der Waals surface area contributed by atoms with Crippen molar-refractivity contribution in [2.24, 2.45) is 0 Å². The Hall–Kier alpha value is -1.88. The van der Waals surface area contributed by atoms with Crippen LogP contribution in [0.5, 0.6) is 0 Å². The third kappa shape index (κ3) is 2.87. The molecule has 18 heavy (non-hydrogen) atoms. The van der Waals surface area contributed by atoms with Gasteiger partial charge in [-0.2, -0.15) is 0 Å². The van der Waals surface area contributed by atoms with Crippen molar-refractivity contribution < 1.29 is 9.90 Å². The second kappa shape index (κ2) is 5.18. The highest BCUT2D eigenvalue weighted by Crippen LogP contribution is 2.22. The van der Waals surface area contributed by atoms with Crippen LogP contribution in [0.15, 0.2) is 30.5 Å². The van der Waals surface area contributed by atoms with Gasteiger partial charge in [0.1, 0.15) is 4.88 Å². The van der Waals surface area contributed by atoms with Crippen molar-refractivity contribution in [2.45, 2.75) is 13.5 Å². The van der Waals surface area contributed by atoms with Crippen LogP contribution >= 0.6 is 11.3 Å². The molecule has 0 radical (unpaired) electrons. The summed E-state index contributed by atoms with van der Waals surface area (Å²) in [5, 5.41) is 9.57. The van der Waals surface area contributed by atoms with E-state index in [0.29, 0.717) is 11.7 Å². The second-order valence-corrected chi connectivity index (χ2v) is 5.17. The van der Waals surface area contributed by atoms with Gasteiger partial charge in [0.15, 0.2) is 5.13 Å². The first-order chi connectivity index (χ1) is 8.56. The molecule has 0 amide bonds. The summed E-state index contributed by atoms with van der Waals surface area (Å²) in [4.78, 5) is 17.1. The minimum atomic E-state index is -0.928. The van der Waals surface area contributed by atoms with Crippen molar-refractivity contribution in [3.8, 4) is 0 Å². The highest BCUT2D eigenvalue weighted by Gasteiger charge is 2.11. The number of carbonyl (C=O) groups is 1. The average molecular weight is 262 g/mol.